The number of benzene rings is 1. The number of hydrogen-bond acceptors (Lipinski definition) is 0. The quantitative estimate of drug-likeness (QED) is 0.184. The molecule has 12 heavy (non-hydrogen) atoms. The van der Waals surface area contributed by atoms with Crippen LogP contribution in [0.25, 0.3) is 0 Å². The first-order valence-electron chi connectivity index (χ1n) is 2.63. The minimum absolute atomic E-state index is 1.15. The zero-order chi connectivity index (χ0) is 9.46. The third-order valence-electron chi connectivity index (χ3n) is 1.16. The summed E-state index contributed by atoms with van der Waals surface area (Å²) in [6.07, 6.45) is 0. The maximum atomic E-state index is 3.55. The van der Waals surface area contributed by atoms with Crippen LogP contribution in [-0.4, -0.2) is 0 Å². The molecule has 1 aromatic rings. The summed E-state index contributed by atoms with van der Waals surface area (Å²) in [4.78, 5) is 0. The predicted octanol–water partition coefficient (Wildman–Crippen LogP) is 5.63. The Balaban J connectivity index is 3.60. The summed E-state index contributed by atoms with van der Waals surface area (Å²) in [5, 5.41) is 0. The van der Waals surface area contributed by atoms with Gasteiger partial charge in [0.25, 0.3) is 0 Å². The average molecular weight is 739 g/mol. The first-order chi connectivity index (χ1) is 5.46. The van der Waals surface area contributed by atoms with Crippen LogP contribution in [0.4, 0.5) is 0 Å². The van der Waals surface area contributed by atoms with Gasteiger partial charge in [-0.05, 0) is 122 Å². The van der Waals surface area contributed by atoms with Crippen molar-refractivity contribution in [2.24, 2.45) is 0 Å². The third-order valence-corrected chi connectivity index (χ3v) is 12.2. The lowest BCUT2D eigenvalue weighted by atomic mass is 10.4. The summed E-state index contributed by atoms with van der Waals surface area (Å²) >= 11 is 16.5. The molecular weight excluding hydrogens is 739 g/mol. The van der Waals surface area contributed by atoms with E-state index in [1.165, 1.54) is 14.3 Å². The van der Waals surface area contributed by atoms with Crippen molar-refractivity contribution >= 4 is 122 Å². The second kappa shape index (κ2) is 5.43. The highest BCUT2D eigenvalue weighted by Gasteiger charge is 2.14. The van der Waals surface area contributed by atoms with E-state index in [1.807, 2.05) is 0 Å². The van der Waals surface area contributed by atoms with E-state index < -0.39 is 0 Å². The summed E-state index contributed by atoms with van der Waals surface area (Å²) in [6.45, 7) is 0. The van der Waals surface area contributed by atoms with Crippen molar-refractivity contribution in [3.05, 3.63) is 23.2 Å². The molecule has 0 N–H and O–H groups in total. The molecule has 6 heteroatoms. The van der Waals surface area contributed by atoms with Crippen LogP contribution >= 0.6 is 122 Å². The smallest absolute Gasteiger partial charge is 0.0473 e. The van der Waals surface area contributed by atoms with Crippen LogP contribution in [0.3, 0.4) is 0 Å². The zero-order valence-electron chi connectivity index (χ0n) is 5.27. The van der Waals surface area contributed by atoms with Gasteiger partial charge in [0.15, 0.2) is 0 Å². The molecule has 0 aliphatic rings. The van der Waals surface area contributed by atoms with Crippen LogP contribution < -0.4 is 0 Å². The fourth-order valence-corrected chi connectivity index (χ4v) is 6.04. The molecule has 0 fully saturated rings. The van der Waals surface area contributed by atoms with Crippen molar-refractivity contribution in [3.63, 3.8) is 0 Å². The van der Waals surface area contributed by atoms with E-state index in [4.69, 9.17) is 0 Å². The Morgan fingerprint density at radius 1 is 0.583 bits per heavy atom. The largest absolute Gasteiger partial charge is 0.0484 e. The average Bonchev–Trinajstić information content (AvgIpc) is 2.08. The lowest BCUT2D eigenvalue weighted by Crippen LogP contribution is -1.93. The van der Waals surface area contributed by atoms with Crippen molar-refractivity contribution < 1.29 is 0 Å². The molecule has 0 aliphatic heterocycles. The monoisotopic (exact) mass is 737 g/mol. The van der Waals surface area contributed by atoms with Crippen LogP contribution in [0, 0.1) is 14.3 Å². The molecule has 0 saturated carbocycles. The SMILES string of the molecule is Brc1c(Br)c(I)c(I)c(I)c1I. The minimum atomic E-state index is 1.15. The molecule has 0 saturated heterocycles. The highest BCUT2D eigenvalue weighted by atomic mass is 127. The van der Waals surface area contributed by atoms with Gasteiger partial charge in [0.1, 0.15) is 0 Å². The molecule has 0 amide bonds. The van der Waals surface area contributed by atoms with Gasteiger partial charge in [-0.1, -0.05) is 0 Å². The summed E-state index contributed by atoms with van der Waals surface area (Å²) in [5.41, 5.74) is 0. The molecule has 0 unspecified atom stereocenters. The summed E-state index contributed by atoms with van der Waals surface area (Å²) in [6, 6.07) is 0. The fourth-order valence-electron chi connectivity index (χ4n) is 0.578. The number of rotatable bonds is 0. The first-order valence-corrected chi connectivity index (χ1v) is 8.53. The molecule has 0 aliphatic carbocycles. The van der Waals surface area contributed by atoms with Gasteiger partial charge in [0.05, 0.1) is 0 Å². The molecule has 66 valence electrons. The molecule has 0 spiro atoms. The Bertz CT molecular complexity index is 232. The highest BCUT2D eigenvalue weighted by molar-refractivity contribution is 14.1. The van der Waals surface area contributed by atoms with E-state index in [2.05, 4.69) is 122 Å². The Hall–Kier alpha value is 3.10. The standard InChI is InChI=1S/C6Br2I4/c7-1-2(8)4(10)6(12)5(11)3(1)9. The molecule has 0 bridgehead atoms. The summed E-state index contributed by atoms with van der Waals surface area (Å²) in [5.74, 6) is 0. The van der Waals surface area contributed by atoms with Crippen molar-refractivity contribution in [2.45, 2.75) is 0 Å². The van der Waals surface area contributed by atoms with E-state index in [-0.39, 0.29) is 0 Å². The molecule has 0 heterocycles. The predicted molar refractivity (Wildman–Crippen MR) is 92.7 cm³/mol. The maximum Gasteiger partial charge on any atom is 0.0473 e. The van der Waals surface area contributed by atoms with E-state index in [9.17, 15) is 0 Å². The zero-order valence-corrected chi connectivity index (χ0v) is 17.1. The van der Waals surface area contributed by atoms with Gasteiger partial charge in [-0.15, -0.1) is 0 Å². The lowest BCUT2D eigenvalue weighted by molar-refractivity contribution is 1.40. The van der Waals surface area contributed by atoms with E-state index in [1.54, 1.807) is 0 Å². The van der Waals surface area contributed by atoms with Gasteiger partial charge in [0, 0.05) is 23.2 Å². The highest BCUT2D eigenvalue weighted by Crippen LogP contribution is 2.38. The maximum absolute atomic E-state index is 3.55. The number of hydrogen-bond donors (Lipinski definition) is 0. The molecule has 1 rings (SSSR count). The molecule has 0 radical (unpaired) electrons. The fraction of sp³-hybridized carbons (Fsp3) is 0. The van der Waals surface area contributed by atoms with Crippen molar-refractivity contribution in [1.82, 2.24) is 0 Å². The molecule has 0 aromatic heterocycles. The van der Waals surface area contributed by atoms with Crippen LogP contribution in [0.1, 0.15) is 0 Å². The van der Waals surface area contributed by atoms with Crippen LogP contribution in [0.5, 0.6) is 0 Å². The molecule has 0 atom stereocenters. The minimum Gasteiger partial charge on any atom is -0.0484 e. The first kappa shape index (κ1) is 13.2. The van der Waals surface area contributed by atoms with Crippen molar-refractivity contribution in [2.75, 3.05) is 0 Å². The second-order valence-corrected chi connectivity index (χ2v) is 7.78. The lowest BCUT2D eigenvalue weighted by Gasteiger charge is -2.08. The third kappa shape index (κ3) is 2.61. The summed E-state index contributed by atoms with van der Waals surface area (Å²) in [7, 11) is 0. The van der Waals surface area contributed by atoms with Gasteiger partial charge < -0.3 is 0 Å². The van der Waals surface area contributed by atoms with Gasteiger partial charge in [-0.3, -0.25) is 0 Å². The van der Waals surface area contributed by atoms with E-state index in [0.717, 1.165) is 8.95 Å². The Morgan fingerprint density at radius 3 is 1.08 bits per heavy atom. The van der Waals surface area contributed by atoms with Crippen LogP contribution in [0.15, 0.2) is 8.95 Å². The molecule has 1 aromatic carbocycles. The van der Waals surface area contributed by atoms with E-state index in [0.29, 0.717) is 0 Å². The van der Waals surface area contributed by atoms with Gasteiger partial charge in [0.2, 0.25) is 0 Å². The van der Waals surface area contributed by atoms with Gasteiger partial charge in [-0.25, -0.2) is 0 Å². The Kier molecular flexibility index (Phi) is 5.96. The molecular formula is C6Br2I4. The topological polar surface area (TPSA) is 0 Å². The Labute approximate surface area is 142 Å². The molecule has 0 nitrogen and oxygen atoms in total. The second-order valence-electron chi connectivity index (χ2n) is 1.88. The van der Waals surface area contributed by atoms with Crippen molar-refractivity contribution in [3.8, 4) is 0 Å². The van der Waals surface area contributed by atoms with Crippen LogP contribution in [0.2, 0.25) is 0 Å². The van der Waals surface area contributed by atoms with Gasteiger partial charge in [-0.2, -0.15) is 0 Å². The summed E-state index contributed by atoms with van der Waals surface area (Å²) < 4.78 is 7.46. The number of halogens is 6. The van der Waals surface area contributed by atoms with E-state index >= 15 is 0 Å². The van der Waals surface area contributed by atoms with Crippen LogP contribution in [-0.2, 0) is 0 Å². The van der Waals surface area contributed by atoms with Gasteiger partial charge >= 0.3 is 0 Å². The Morgan fingerprint density at radius 2 is 0.833 bits per heavy atom. The van der Waals surface area contributed by atoms with Crippen molar-refractivity contribution in [1.29, 1.82) is 0 Å². The normalized spacial score (nSPS) is 10.5.